The van der Waals surface area contributed by atoms with Crippen LogP contribution >= 0.6 is 0 Å². The van der Waals surface area contributed by atoms with Gasteiger partial charge in [0.1, 0.15) is 18.5 Å². The zero-order valence-electron chi connectivity index (χ0n) is 10.5. The monoisotopic (exact) mass is 239 g/mol. The summed E-state index contributed by atoms with van der Waals surface area (Å²) in [6, 6.07) is 7.69. The van der Waals surface area contributed by atoms with Gasteiger partial charge in [-0.1, -0.05) is 19.1 Å². The number of ether oxygens (including phenoxy) is 2. The fourth-order valence-electron chi connectivity index (χ4n) is 1.45. The normalized spacial score (nSPS) is 12.4. The first-order valence-electron chi connectivity index (χ1n) is 5.85. The van der Waals surface area contributed by atoms with E-state index in [1.807, 2.05) is 31.2 Å². The van der Waals surface area contributed by atoms with Gasteiger partial charge >= 0.3 is 0 Å². The van der Waals surface area contributed by atoms with Crippen LogP contribution in [-0.2, 0) is 11.3 Å². The van der Waals surface area contributed by atoms with Gasteiger partial charge in [-0.05, 0) is 24.2 Å². The molecule has 96 valence electrons. The summed E-state index contributed by atoms with van der Waals surface area (Å²) in [5, 5.41) is 12.7. The number of aliphatic hydroxyl groups is 1. The number of likely N-dealkylation sites (N-methyl/N-ethyl adjacent to an activating group) is 1. The fraction of sp³-hybridized carbons (Fsp3) is 0.538. The average molecular weight is 239 g/mol. The van der Waals surface area contributed by atoms with Gasteiger partial charge in [0.15, 0.2) is 0 Å². The molecule has 1 rings (SSSR count). The predicted octanol–water partition coefficient (Wildman–Crippen LogP) is 1.18. The minimum absolute atomic E-state index is 0.295. The number of methoxy groups -OCH3 is 1. The molecule has 4 heteroatoms. The summed E-state index contributed by atoms with van der Waals surface area (Å²) in [7, 11) is 1.66. The van der Waals surface area contributed by atoms with Crippen molar-refractivity contribution in [3.63, 3.8) is 0 Å². The third kappa shape index (κ3) is 5.68. The van der Waals surface area contributed by atoms with Crippen LogP contribution in [0.2, 0.25) is 0 Å². The molecule has 0 saturated carbocycles. The van der Waals surface area contributed by atoms with E-state index >= 15 is 0 Å². The Morgan fingerprint density at radius 1 is 1.41 bits per heavy atom. The molecule has 17 heavy (non-hydrogen) atoms. The van der Waals surface area contributed by atoms with Crippen LogP contribution in [0, 0.1) is 0 Å². The van der Waals surface area contributed by atoms with E-state index in [1.54, 1.807) is 7.11 Å². The highest BCUT2D eigenvalue weighted by molar-refractivity contribution is 5.28. The second-order valence-electron chi connectivity index (χ2n) is 3.85. The van der Waals surface area contributed by atoms with E-state index in [1.165, 1.54) is 0 Å². The molecule has 2 N–H and O–H groups in total. The van der Waals surface area contributed by atoms with Gasteiger partial charge < -0.3 is 19.9 Å². The van der Waals surface area contributed by atoms with Crippen LogP contribution in [0.4, 0.5) is 0 Å². The Hall–Kier alpha value is -1.10. The van der Waals surface area contributed by atoms with Gasteiger partial charge in [0.05, 0.1) is 6.61 Å². The number of hydrogen-bond acceptors (Lipinski definition) is 4. The van der Waals surface area contributed by atoms with Crippen molar-refractivity contribution in [1.82, 2.24) is 5.32 Å². The van der Waals surface area contributed by atoms with Crippen LogP contribution in [0.25, 0.3) is 0 Å². The van der Waals surface area contributed by atoms with Crippen molar-refractivity contribution < 1.29 is 14.6 Å². The van der Waals surface area contributed by atoms with E-state index in [-0.39, 0.29) is 0 Å². The van der Waals surface area contributed by atoms with Crippen molar-refractivity contribution in [3.8, 4) is 5.75 Å². The molecule has 0 aliphatic rings. The van der Waals surface area contributed by atoms with Crippen molar-refractivity contribution in [2.75, 3.05) is 26.8 Å². The van der Waals surface area contributed by atoms with Gasteiger partial charge in [-0.3, -0.25) is 0 Å². The maximum absolute atomic E-state index is 9.60. The number of hydrogen-bond donors (Lipinski definition) is 2. The molecule has 0 fully saturated rings. The molecule has 1 aromatic rings. The molecule has 0 aliphatic carbocycles. The first kappa shape index (κ1) is 14.0. The highest BCUT2D eigenvalue weighted by Gasteiger charge is 2.04. The highest BCUT2D eigenvalue weighted by atomic mass is 16.5. The molecule has 0 aliphatic heterocycles. The quantitative estimate of drug-likeness (QED) is 0.715. The topological polar surface area (TPSA) is 50.7 Å². The third-order valence-electron chi connectivity index (χ3n) is 2.28. The molecule has 1 aromatic carbocycles. The second-order valence-corrected chi connectivity index (χ2v) is 3.85. The standard InChI is InChI=1S/C13H21NO3/c1-3-14-8-12(15)10-17-13-6-4-5-11(7-13)9-16-2/h4-7,12,14-15H,3,8-10H2,1-2H3. The minimum Gasteiger partial charge on any atom is -0.491 e. The van der Waals surface area contributed by atoms with Gasteiger partial charge in [-0.2, -0.15) is 0 Å². The third-order valence-corrected chi connectivity index (χ3v) is 2.28. The van der Waals surface area contributed by atoms with Crippen LogP contribution in [0.15, 0.2) is 24.3 Å². The van der Waals surface area contributed by atoms with Crippen LogP contribution in [0.5, 0.6) is 5.75 Å². The smallest absolute Gasteiger partial charge is 0.119 e. The van der Waals surface area contributed by atoms with E-state index in [0.29, 0.717) is 19.8 Å². The summed E-state index contributed by atoms with van der Waals surface area (Å²) < 4.78 is 10.6. The van der Waals surface area contributed by atoms with E-state index in [4.69, 9.17) is 9.47 Å². The molecule has 0 spiro atoms. The van der Waals surface area contributed by atoms with Crippen molar-refractivity contribution >= 4 is 0 Å². The van der Waals surface area contributed by atoms with Crippen LogP contribution < -0.4 is 10.1 Å². The Balaban J connectivity index is 2.37. The maximum Gasteiger partial charge on any atom is 0.119 e. The Bertz CT molecular complexity index is 317. The largest absolute Gasteiger partial charge is 0.491 e. The molecule has 1 unspecified atom stereocenters. The lowest BCUT2D eigenvalue weighted by atomic mass is 10.2. The van der Waals surface area contributed by atoms with Crippen molar-refractivity contribution in [1.29, 1.82) is 0 Å². The van der Waals surface area contributed by atoms with Crippen LogP contribution in [-0.4, -0.2) is 38.0 Å². The SMILES string of the molecule is CCNCC(O)COc1cccc(COC)c1. The zero-order valence-corrected chi connectivity index (χ0v) is 10.5. The maximum atomic E-state index is 9.60. The van der Waals surface area contributed by atoms with Gasteiger partial charge in [0.2, 0.25) is 0 Å². The fourth-order valence-corrected chi connectivity index (χ4v) is 1.45. The second kappa shape index (κ2) is 8.06. The van der Waals surface area contributed by atoms with Crippen LogP contribution in [0.1, 0.15) is 12.5 Å². The van der Waals surface area contributed by atoms with E-state index in [2.05, 4.69) is 5.32 Å². The lowest BCUT2D eigenvalue weighted by molar-refractivity contribution is 0.107. The van der Waals surface area contributed by atoms with Gasteiger partial charge in [-0.25, -0.2) is 0 Å². The Labute approximate surface area is 103 Å². The molecular formula is C13H21NO3. The first-order valence-corrected chi connectivity index (χ1v) is 5.85. The number of nitrogens with one attached hydrogen (secondary N) is 1. The van der Waals surface area contributed by atoms with Crippen molar-refractivity contribution in [2.45, 2.75) is 19.6 Å². The molecule has 0 aromatic heterocycles. The van der Waals surface area contributed by atoms with Gasteiger partial charge in [-0.15, -0.1) is 0 Å². The number of aliphatic hydroxyl groups excluding tert-OH is 1. The Morgan fingerprint density at radius 2 is 2.24 bits per heavy atom. The predicted molar refractivity (Wildman–Crippen MR) is 67.2 cm³/mol. The number of rotatable bonds is 8. The summed E-state index contributed by atoms with van der Waals surface area (Å²) in [4.78, 5) is 0. The van der Waals surface area contributed by atoms with Gasteiger partial charge in [0, 0.05) is 13.7 Å². The molecule has 1 atom stereocenters. The zero-order chi connectivity index (χ0) is 12.5. The summed E-state index contributed by atoms with van der Waals surface area (Å²) >= 11 is 0. The van der Waals surface area contributed by atoms with E-state index < -0.39 is 6.10 Å². The molecular weight excluding hydrogens is 218 g/mol. The highest BCUT2D eigenvalue weighted by Crippen LogP contribution is 2.14. The Morgan fingerprint density at radius 3 is 2.94 bits per heavy atom. The van der Waals surface area contributed by atoms with E-state index in [9.17, 15) is 5.11 Å². The van der Waals surface area contributed by atoms with E-state index in [0.717, 1.165) is 17.9 Å². The van der Waals surface area contributed by atoms with Gasteiger partial charge in [0.25, 0.3) is 0 Å². The van der Waals surface area contributed by atoms with Crippen LogP contribution in [0.3, 0.4) is 0 Å². The van der Waals surface area contributed by atoms with Crippen molar-refractivity contribution in [2.24, 2.45) is 0 Å². The summed E-state index contributed by atoms with van der Waals surface area (Å²) in [6.07, 6.45) is -0.485. The lowest BCUT2D eigenvalue weighted by Gasteiger charge is -2.13. The first-order chi connectivity index (χ1) is 8.26. The molecule has 0 amide bonds. The summed E-state index contributed by atoms with van der Waals surface area (Å²) in [5.41, 5.74) is 1.06. The molecule has 0 saturated heterocycles. The molecule has 4 nitrogen and oxygen atoms in total. The summed E-state index contributed by atoms with van der Waals surface area (Å²) in [5.74, 6) is 0.759. The lowest BCUT2D eigenvalue weighted by Crippen LogP contribution is -2.31. The minimum atomic E-state index is -0.485. The Kier molecular flexibility index (Phi) is 6.62. The summed E-state index contributed by atoms with van der Waals surface area (Å²) in [6.45, 7) is 4.26. The molecule has 0 bridgehead atoms. The molecule has 0 radical (unpaired) electrons. The molecule has 0 heterocycles. The average Bonchev–Trinajstić information content (AvgIpc) is 2.35. The van der Waals surface area contributed by atoms with Crippen molar-refractivity contribution in [3.05, 3.63) is 29.8 Å². The number of benzene rings is 1.